The molecule has 0 saturated heterocycles. The molecular weight excluding hydrogens is 180 g/mol. The second-order valence-electron chi connectivity index (χ2n) is 1.59. The quantitative estimate of drug-likeness (QED) is 0.533. The molecular formula is C7H11BrO. The van der Waals surface area contributed by atoms with Crippen molar-refractivity contribution < 1.29 is 5.11 Å². The van der Waals surface area contributed by atoms with Crippen molar-refractivity contribution >= 4 is 15.9 Å². The van der Waals surface area contributed by atoms with Crippen LogP contribution in [0.5, 0.6) is 0 Å². The predicted molar refractivity (Wildman–Crippen MR) is 43.5 cm³/mol. The van der Waals surface area contributed by atoms with E-state index in [1.807, 2.05) is 17.1 Å². The van der Waals surface area contributed by atoms with Crippen LogP contribution < -0.4 is 0 Å². The summed E-state index contributed by atoms with van der Waals surface area (Å²) >= 11 is 3.16. The van der Waals surface area contributed by atoms with E-state index in [2.05, 4.69) is 15.9 Å². The summed E-state index contributed by atoms with van der Waals surface area (Å²) in [6.45, 7) is 0.151. The molecule has 0 aliphatic heterocycles. The molecule has 1 N–H and O–H groups in total. The zero-order valence-electron chi connectivity index (χ0n) is 5.26. The Morgan fingerprint density at radius 1 is 1.11 bits per heavy atom. The van der Waals surface area contributed by atoms with Crippen molar-refractivity contribution in [1.29, 1.82) is 0 Å². The predicted octanol–water partition coefficient (Wildman–Crippen LogP) is 2.22. The molecule has 9 heavy (non-hydrogen) atoms. The lowest BCUT2D eigenvalue weighted by molar-refractivity contribution is 0.342. The van der Waals surface area contributed by atoms with Gasteiger partial charge in [-0.2, -0.15) is 0 Å². The van der Waals surface area contributed by atoms with Crippen molar-refractivity contribution in [2.75, 3.05) is 6.61 Å². The minimum absolute atomic E-state index is 0.151. The molecule has 0 aliphatic carbocycles. The first-order chi connectivity index (χ1) is 4.41. The van der Waals surface area contributed by atoms with E-state index >= 15 is 0 Å². The maximum atomic E-state index is 8.31. The van der Waals surface area contributed by atoms with Crippen molar-refractivity contribution in [3.8, 4) is 0 Å². The first kappa shape index (κ1) is 8.92. The highest BCUT2D eigenvalue weighted by Gasteiger charge is 1.73. The van der Waals surface area contributed by atoms with Crippen molar-refractivity contribution in [2.24, 2.45) is 0 Å². The third kappa shape index (κ3) is 7.92. The fourth-order valence-corrected chi connectivity index (χ4v) is 0.712. The monoisotopic (exact) mass is 190 g/mol. The molecule has 0 aromatic carbocycles. The average molecular weight is 191 g/mol. The summed E-state index contributed by atoms with van der Waals surface area (Å²) in [4.78, 5) is 1.85. The molecule has 0 radical (unpaired) electrons. The van der Waals surface area contributed by atoms with Gasteiger partial charge in [0.1, 0.15) is 0 Å². The molecule has 52 valence electrons. The molecule has 0 unspecified atom stereocenters. The van der Waals surface area contributed by atoms with Gasteiger partial charge in [-0.3, -0.25) is 0 Å². The van der Waals surface area contributed by atoms with Crippen LogP contribution in [0.3, 0.4) is 0 Å². The molecule has 0 rings (SSSR count). The van der Waals surface area contributed by atoms with Gasteiger partial charge >= 0.3 is 0 Å². The molecule has 0 amide bonds. The Labute approximate surface area is 64.2 Å². The first-order valence-corrected chi connectivity index (χ1v) is 3.84. The molecule has 0 spiro atoms. The summed E-state index contributed by atoms with van der Waals surface area (Å²) in [6.07, 6.45) is 7.78. The number of hydrogen-bond acceptors (Lipinski definition) is 1. The van der Waals surface area contributed by atoms with E-state index in [-0.39, 0.29) is 6.61 Å². The summed E-state index contributed by atoms with van der Waals surface area (Å²) in [5.41, 5.74) is 0. The van der Waals surface area contributed by atoms with Gasteiger partial charge in [-0.15, -0.1) is 0 Å². The highest BCUT2D eigenvalue weighted by molar-refractivity contribution is 9.11. The molecule has 0 heterocycles. The van der Waals surface area contributed by atoms with E-state index in [0.29, 0.717) is 0 Å². The highest BCUT2D eigenvalue weighted by Crippen LogP contribution is 1.94. The third-order valence-electron chi connectivity index (χ3n) is 0.861. The number of allylic oxidation sites excluding steroid dienone is 2. The Bertz CT molecular complexity index is 97.1. The van der Waals surface area contributed by atoms with Crippen LogP contribution in [0.4, 0.5) is 0 Å². The number of rotatable bonds is 4. The minimum atomic E-state index is 0.151. The normalized spacial score (nSPS) is 11.8. The number of aliphatic hydroxyl groups excluding tert-OH is 1. The Kier molecular flexibility index (Phi) is 7.85. The number of halogens is 1. The zero-order chi connectivity index (χ0) is 6.95. The van der Waals surface area contributed by atoms with Crippen LogP contribution in [0, 0.1) is 0 Å². The van der Waals surface area contributed by atoms with Crippen molar-refractivity contribution in [1.82, 2.24) is 0 Å². The van der Waals surface area contributed by atoms with Crippen LogP contribution in [0.25, 0.3) is 0 Å². The largest absolute Gasteiger partial charge is 0.392 e. The van der Waals surface area contributed by atoms with Gasteiger partial charge < -0.3 is 5.11 Å². The second-order valence-corrected chi connectivity index (χ2v) is 2.12. The standard InChI is InChI=1S/C7H11BrO/c8-6-4-2-1-3-5-7-9/h3-6,9H,1-2,7H2/b5-3+,6-4+. The maximum Gasteiger partial charge on any atom is 0.0612 e. The van der Waals surface area contributed by atoms with Crippen molar-refractivity contribution in [3.63, 3.8) is 0 Å². The lowest BCUT2D eigenvalue weighted by atomic mass is 10.3. The molecule has 2 heteroatoms. The highest BCUT2D eigenvalue weighted by atomic mass is 79.9. The van der Waals surface area contributed by atoms with Crippen LogP contribution in [0.1, 0.15) is 12.8 Å². The molecule has 0 aliphatic rings. The molecule has 0 fully saturated rings. The zero-order valence-corrected chi connectivity index (χ0v) is 6.84. The lowest BCUT2D eigenvalue weighted by Gasteiger charge is -1.82. The van der Waals surface area contributed by atoms with Gasteiger partial charge in [-0.25, -0.2) is 0 Å². The smallest absolute Gasteiger partial charge is 0.0612 e. The van der Waals surface area contributed by atoms with Crippen LogP contribution in [-0.4, -0.2) is 11.7 Å². The Hall–Kier alpha value is -0.0800. The Morgan fingerprint density at radius 3 is 2.33 bits per heavy atom. The van der Waals surface area contributed by atoms with E-state index < -0.39 is 0 Å². The summed E-state index contributed by atoms with van der Waals surface area (Å²) in [5.74, 6) is 0. The van der Waals surface area contributed by atoms with E-state index in [4.69, 9.17) is 5.11 Å². The van der Waals surface area contributed by atoms with E-state index in [1.165, 1.54) is 0 Å². The average Bonchev–Trinajstić information content (AvgIpc) is 1.89. The van der Waals surface area contributed by atoms with Gasteiger partial charge in [0, 0.05) is 0 Å². The van der Waals surface area contributed by atoms with Gasteiger partial charge in [-0.05, 0) is 17.8 Å². The fraction of sp³-hybridized carbons (Fsp3) is 0.429. The summed E-state index contributed by atoms with van der Waals surface area (Å²) in [6, 6.07) is 0. The first-order valence-electron chi connectivity index (χ1n) is 2.93. The second kappa shape index (κ2) is 7.92. The maximum absolute atomic E-state index is 8.31. The van der Waals surface area contributed by atoms with E-state index in [9.17, 15) is 0 Å². The van der Waals surface area contributed by atoms with Gasteiger partial charge in [0.05, 0.1) is 6.61 Å². The molecule has 0 atom stereocenters. The summed E-state index contributed by atoms with van der Waals surface area (Å²) < 4.78 is 0. The van der Waals surface area contributed by atoms with Gasteiger partial charge in [-0.1, -0.05) is 34.2 Å². The van der Waals surface area contributed by atoms with Crippen molar-refractivity contribution in [2.45, 2.75) is 12.8 Å². The minimum Gasteiger partial charge on any atom is -0.392 e. The van der Waals surface area contributed by atoms with Gasteiger partial charge in [0.15, 0.2) is 0 Å². The Morgan fingerprint density at radius 2 is 1.78 bits per heavy atom. The SMILES string of the molecule is OC/C=C/CC/C=C/Br. The molecule has 0 aromatic heterocycles. The number of aliphatic hydroxyl groups is 1. The van der Waals surface area contributed by atoms with Crippen LogP contribution in [0.2, 0.25) is 0 Å². The number of unbranched alkanes of at least 4 members (excludes halogenated alkanes) is 1. The van der Waals surface area contributed by atoms with Gasteiger partial charge in [0.2, 0.25) is 0 Å². The summed E-state index contributed by atoms with van der Waals surface area (Å²) in [5, 5.41) is 8.31. The van der Waals surface area contributed by atoms with Crippen molar-refractivity contribution in [3.05, 3.63) is 23.2 Å². The van der Waals surface area contributed by atoms with Crippen LogP contribution in [0.15, 0.2) is 23.2 Å². The van der Waals surface area contributed by atoms with Crippen LogP contribution >= 0.6 is 15.9 Å². The number of hydrogen-bond donors (Lipinski definition) is 1. The molecule has 1 nitrogen and oxygen atoms in total. The van der Waals surface area contributed by atoms with E-state index in [0.717, 1.165) is 12.8 Å². The molecule has 0 aromatic rings. The third-order valence-corrected chi connectivity index (χ3v) is 1.23. The molecule has 0 bridgehead atoms. The van der Waals surface area contributed by atoms with E-state index in [1.54, 1.807) is 6.08 Å². The van der Waals surface area contributed by atoms with Gasteiger partial charge in [0.25, 0.3) is 0 Å². The Balaban J connectivity index is 2.99. The lowest BCUT2D eigenvalue weighted by Crippen LogP contribution is -1.70. The summed E-state index contributed by atoms with van der Waals surface area (Å²) in [7, 11) is 0. The fourth-order valence-electron chi connectivity index (χ4n) is 0.448. The molecule has 0 saturated carbocycles. The topological polar surface area (TPSA) is 20.2 Å². The van der Waals surface area contributed by atoms with Crippen LogP contribution in [-0.2, 0) is 0 Å².